The van der Waals surface area contributed by atoms with E-state index in [2.05, 4.69) is 38.6 Å². The second-order valence-corrected chi connectivity index (χ2v) is 8.61. The molecule has 4 rings (SSSR count). The quantitative estimate of drug-likeness (QED) is 0.477. The van der Waals surface area contributed by atoms with Gasteiger partial charge < -0.3 is 10.3 Å². The van der Waals surface area contributed by atoms with Crippen molar-refractivity contribution < 1.29 is 18.8 Å². The molecule has 1 saturated heterocycles. The molecule has 0 spiro atoms. The van der Waals surface area contributed by atoms with E-state index in [-0.39, 0.29) is 12.1 Å². The normalized spacial score (nSPS) is 18.6. The lowest BCUT2D eigenvalue weighted by Crippen LogP contribution is -2.49. The summed E-state index contributed by atoms with van der Waals surface area (Å²) in [5.74, 6) is -1.77. The maximum atomic E-state index is 14.0. The number of hydrogen-bond acceptors (Lipinski definition) is 3. The van der Waals surface area contributed by atoms with Crippen LogP contribution in [0.15, 0.2) is 46.9 Å². The molecule has 0 saturated carbocycles. The molecule has 31 heavy (non-hydrogen) atoms. The van der Waals surface area contributed by atoms with Gasteiger partial charge in [0.15, 0.2) is 0 Å². The van der Waals surface area contributed by atoms with E-state index >= 15 is 0 Å². The Hall–Kier alpha value is -3.20. The number of nitrogens with one attached hydrogen (secondary N) is 3. The highest BCUT2D eigenvalue weighted by Crippen LogP contribution is 2.36. The molecule has 160 valence electrons. The Bertz CT molecular complexity index is 1220. The number of rotatable bonds is 4. The third kappa shape index (κ3) is 3.81. The molecule has 9 heteroatoms. The van der Waals surface area contributed by atoms with Gasteiger partial charge in [-0.2, -0.15) is 5.01 Å². The minimum absolute atomic E-state index is 0.0788. The van der Waals surface area contributed by atoms with E-state index < -0.39 is 29.1 Å². The first kappa shape index (κ1) is 21.0. The van der Waals surface area contributed by atoms with Crippen LogP contribution >= 0.6 is 15.9 Å². The van der Waals surface area contributed by atoms with Crippen molar-refractivity contribution in [3.05, 3.63) is 64.0 Å². The number of imide groups is 1. The summed E-state index contributed by atoms with van der Waals surface area (Å²) >= 11 is 3.14. The first-order valence-electron chi connectivity index (χ1n) is 9.73. The van der Waals surface area contributed by atoms with Crippen LogP contribution in [-0.2, 0) is 21.4 Å². The lowest BCUT2D eigenvalue weighted by Gasteiger charge is -2.21. The van der Waals surface area contributed by atoms with Crippen molar-refractivity contribution in [3.63, 3.8) is 0 Å². The summed E-state index contributed by atoms with van der Waals surface area (Å²) in [6.45, 7) is 3.72. The Balaban J connectivity index is 1.54. The standard InChI is InChI=1S/C22H20BrFN4O3/c1-3-12-4-6-16-13(8-12)9-18(25-16)22(2)11-19(29)28(20(22)30)27-21(31)26-17-7-5-14(23)10-15(17)24/h4-10,25H,3,11H2,1-2H3,(H2,26,27,31). The highest BCUT2D eigenvalue weighted by molar-refractivity contribution is 9.10. The van der Waals surface area contributed by atoms with Crippen molar-refractivity contribution >= 4 is 50.4 Å². The number of H-pyrrole nitrogens is 1. The van der Waals surface area contributed by atoms with Gasteiger partial charge in [0.05, 0.1) is 11.1 Å². The number of fused-ring (bicyclic) bond motifs is 1. The maximum Gasteiger partial charge on any atom is 0.338 e. The fourth-order valence-corrected chi connectivity index (χ4v) is 4.02. The minimum atomic E-state index is -1.15. The number of aryl methyl sites for hydroxylation is 1. The van der Waals surface area contributed by atoms with Gasteiger partial charge in [0, 0.05) is 22.1 Å². The van der Waals surface area contributed by atoms with E-state index in [0.29, 0.717) is 15.2 Å². The Morgan fingerprint density at radius 1 is 1.23 bits per heavy atom. The van der Waals surface area contributed by atoms with Crippen molar-refractivity contribution in [3.8, 4) is 0 Å². The number of anilines is 1. The number of nitrogens with zero attached hydrogens (tertiary/aromatic N) is 1. The Kier molecular flexibility index (Phi) is 5.30. The number of hydrogen-bond donors (Lipinski definition) is 3. The summed E-state index contributed by atoms with van der Waals surface area (Å²) < 4.78 is 14.5. The summed E-state index contributed by atoms with van der Waals surface area (Å²) in [6.07, 6.45) is 0.781. The molecule has 1 atom stereocenters. The van der Waals surface area contributed by atoms with Crippen molar-refractivity contribution in [2.24, 2.45) is 0 Å². The third-order valence-corrected chi connectivity index (χ3v) is 6.00. The lowest BCUT2D eigenvalue weighted by atomic mass is 9.85. The number of carbonyl (C=O) groups is 3. The van der Waals surface area contributed by atoms with Gasteiger partial charge in [-0.05, 0) is 60.7 Å². The number of aromatic amines is 1. The molecule has 4 amide bonds. The highest BCUT2D eigenvalue weighted by Gasteiger charge is 2.51. The number of hydrazine groups is 1. The van der Waals surface area contributed by atoms with Crippen molar-refractivity contribution in [1.82, 2.24) is 15.4 Å². The van der Waals surface area contributed by atoms with Gasteiger partial charge in [0.2, 0.25) is 5.91 Å². The minimum Gasteiger partial charge on any atom is -0.357 e. The molecule has 1 fully saturated rings. The molecule has 1 aromatic heterocycles. The third-order valence-electron chi connectivity index (χ3n) is 5.51. The maximum absolute atomic E-state index is 14.0. The zero-order valence-electron chi connectivity index (χ0n) is 16.9. The molecule has 0 radical (unpaired) electrons. The van der Waals surface area contributed by atoms with Gasteiger partial charge in [-0.3, -0.25) is 9.59 Å². The van der Waals surface area contributed by atoms with Gasteiger partial charge in [-0.15, -0.1) is 0 Å². The highest BCUT2D eigenvalue weighted by atomic mass is 79.9. The Morgan fingerprint density at radius 2 is 2.00 bits per heavy atom. The van der Waals surface area contributed by atoms with Crippen LogP contribution in [0.5, 0.6) is 0 Å². The number of amides is 4. The van der Waals surface area contributed by atoms with E-state index in [9.17, 15) is 18.8 Å². The summed E-state index contributed by atoms with van der Waals surface area (Å²) in [4.78, 5) is 41.2. The van der Waals surface area contributed by atoms with Gasteiger partial charge in [0.1, 0.15) is 5.82 Å². The van der Waals surface area contributed by atoms with Crippen molar-refractivity contribution in [1.29, 1.82) is 0 Å². The lowest BCUT2D eigenvalue weighted by molar-refractivity contribution is -0.142. The molecule has 1 aliphatic heterocycles. The molecule has 2 heterocycles. The number of halogens is 2. The van der Waals surface area contributed by atoms with Crippen molar-refractivity contribution in [2.45, 2.75) is 32.1 Å². The first-order valence-corrected chi connectivity index (χ1v) is 10.5. The van der Waals surface area contributed by atoms with Gasteiger partial charge >= 0.3 is 6.03 Å². The molecule has 1 aliphatic rings. The molecule has 0 aliphatic carbocycles. The predicted molar refractivity (Wildman–Crippen MR) is 118 cm³/mol. The summed E-state index contributed by atoms with van der Waals surface area (Å²) in [7, 11) is 0. The molecule has 3 aromatic rings. The van der Waals surface area contributed by atoms with E-state index in [1.165, 1.54) is 12.1 Å². The van der Waals surface area contributed by atoms with Crippen LogP contribution in [0.3, 0.4) is 0 Å². The van der Waals surface area contributed by atoms with Crippen LogP contribution in [0.2, 0.25) is 0 Å². The zero-order chi connectivity index (χ0) is 22.3. The average molecular weight is 487 g/mol. The number of urea groups is 1. The van der Waals surface area contributed by atoms with Crippen LogP contribution in [0, 0.1) is 5.82 Å². The molecule has 7 nitrogen and oxygen atoms in total. The topological polar surface area (TPSA) is 94.3 Å². The van der Waals surface area contributed by atoms with E-state index in [1.54, 1.807) is 13.0 Å². The molecular weight excluding hydrogens is 467 g/mol. The fourth-order valence-electron chi connectivity index (χ4n) is 3.68. The van der Waals surface area contributed by atoms with Crippen LogP contribution in [0.1, 0.15) is 31.5 Å². The fraction of sp³-hybridized carbons (Fsp3) is 0.227. The monoisotopic (exact) mass is 486 g/mol. The van der Waals surface area contributed by atoms with Crippen LogP contribution < -0.4 is 10.7 Å². The van der Waals surface area contributed by atoms with Crippen LogP contribution in [0.25, 0.3) is 10.9 Å². The molecule has 1 unspecified atom stereocenters. The smallest absolute Gasteiger partial charge is 0.338 e. The first-order chi connectivity index (χ1) is 14.7. The van der Waals surface area contributed by atoms with E-state index in [0.717, 1.165) is 22.9 Å². The second-order valence-electron chi connectivity index (χ2n) is 7.69. The van der Waals surface area contributed by atoms with Gasteiger partial charge in [-0.1, -0.05) is 28.9 Å². The summed E-state index contributed by atoms with van der Waals surface area (Å²) in [5.41, 5.74) is 3.63. The largest absolute Gasteiger partial charge is 0.357 e. The Labute approximate surface area is 186 Å². The van der Waals surface area contributed by atoms with Gasteiger partial charge in [-0.25, -0.2) is 14.6 Å². The number of carbonyl (C=O) groups excluding carboxylic acids is 3. The molecule has 3 N–H and O–H groups in total. The SMILES string of the molecule is CCc1ccc2[nH]c(C3(C)CC(=O)N(NC(=O)Nc4ccc(Br)cc4F)C3=O)cc2c1. The van der Waals surface area contributed by atoms with Gasteiger partial charge in [0.25, 0.3) is 5.91 Å². The summed E-state index contributed by atoms with van der Waals surface area (Å²) in [5, 5.41) is 3.95. The zero-order valence-corrected chi connectivity index (χ0v) is 18.5. The summed E-state index contributed by atoms with van der Waals surface area (Å²) in [6, 6.07) is 11.1. The van der Waals surface area contributed by atoms with Crippen molar-refractivity contribution in [2.75, 3.05) is 5.32 Å². The van der Waals surface area contributed by atoms with E-state index in [4.69, 9.17) is 0 Å². The average Bonchev–Trinajstić information content (AvgIpc) is 3.25. The molecule has 2 aromatic carbocycles. The molecular formula is C22H20BrFN4O3. The number of benzene rings is 2. The second kappa shape index (κ2) is 7.81. The Morgan fingerprint density at radius 3 is 2.71 bits per heavy atom. The van der Waals surface area contributed by atoms with E-state index in [1.807, 2.05) is 24.3 Å². The molecule has 0 bridgehead atoms. The predicted octanol–water partition coefficient (Wildman–Crippen LogP) is 4.39. The number of aromatic nitrogens is 1. The van der Waals surface area contributed by atoms with Crippen LogP contribution in [-0.4, -0.2) is 27.8 Å². The van der Waals surface area contributed by atoms with Crippen LogP contribution in [0.4, 0.5) is 14.9 Å².